The van der Waals surface area contributed by atoms with Gasteiger partial charge in [0, 0.05) is 31.5 Å². The van der Waals surface area contributed by atoms with Crippen LogP contribution in [0.3, 0.4) is 0 Å². The zero-order chi connectivity index (χ0) is 16.8. The molecule has 0 spiro atoms. The van der Waals surface area contributed by atoms with Crippen LogP contribution in [0.15, 0.2) is 35.6 Å². The van der Waals surface area contributed by atoms with Gasteiger partial charge in [-0.15, -0.1) is 0 Å². The van der Waals surface area contributed by atoms with E-state index in [0.29, 0.717) is 36.5 Å². The van der Waals surface area contributed by atoms with Gasteiger partial charge in [0.2, 0.25) is 0 Å². The van der Waals surface area contributed by atoms with E-state index in [4.69, 9.17) is 0 Å². The van der Waals surface area contributed by atoms with E-state index in [9.17, 15) is 9.59 Å². The maximum atomic E-state index is 12.8. The second-order valence-electron chi connectivity index (χ2n) is 6.16. The predicted molar refractivity (Wildman–Crippen MR) is 87.9 cm³/mol. The van der Waals surface area contributed by atoms with Crippen LogP contribution < -0.4 is 5.56 Å². The molecule has 0 bridgehead atoms. The number of pyridine rings is 1. The van der Waals surface area contributed by atoms with Crippen molar-refractivity contribution in [2.45, 2.75) is 19.9 Å². The Morgan fingerprint density at radius 3 is 3.00 bits per heavy atom. The Balaban J connectivity index is 1.65. The average Bonchev–Trinajstić information content (AvgIpc) is 3.00. The van der Waals surface area contributed by atoms with Gasteiger partial charge in [-0.05, 0) is 31.0 Å². The molecule has 7 nitrogen and oxygen atoms in total. The topological polar surface area (TPSA) is 72.5 Å². The van der Waals surface area contributed by atoms with Crippen molar-refractivity contribution >= 4 is 11.6 Å². The van der Waals surface area contributed by atoms with Gasteiger partial charge in [-0.2, -0.15) is 0 Å². The SMILES string of the molecule is Cc1ccn2cc(C(=O)N3CCc4c(ncn(C)c4=O)C3)nc2c1. The molecular formula is C17H17N5O2. The molecule has 3 aromatic heterocycles. The zero-order valence-electron chi connectivity index (χ0n) is 13.6. The molecule has 0 saturated heterocycles. The monoisotopic (exact) mass is 323 g/mol. The van der Waals surface area contributed by atoms with E-state index in [2.05, 4.69) is 9.97 Å². The highest BCUT2D eigenvalue weighted by Gasteiger charge is 2.26. The first-order chi connectivity index (χ1) is 11.5. The number of hydrogen-bond donors (Lipinski definition) is 0. The molecule has 24 heavy (non-hydrogen) atoms. The van der Waals surface area contributed by atoms with Gasteiger partial charge in [0.1, 0.15) is 11.3 Å². The summed E-state index contributed by atoms with van der Waals surface area (Å²) in [5.41, 5.74) is 3.61. The summed E-state index contributed by atoms with van der Waals surface area (Å²) in [6.07, 6.45) is 5.66. The lowest BCUT2D eigenvalue weighted by atomic mass is 10.1. The Kier molecular flexibility index (Phi) is 3.23. The molecule has 3 aromatic rings. The van der Waals surface area contributed by atoms with Crippen LogP contribution in [-0.4, -0.2) is 36.3 Å². The Morgan fingerprint density at radius 1 is 1.33 bits per heavy atom. The van der Waals surface area contributed by atoms with E-state index < -0.39 is 0 Å². The third-order valence-corrected chi connectivity index (χ3v) is 4.41. The van der Waals surface area contributed by atoms with Crippen molar-refractivity contribution < 1.29 is 4.79 Å². The summed E-state index contributed by atoms with van der Waals surface area (Å²) < 4.78 is 3.31. The summed E-state index contributed by atoms with van der Waals surface area (Å²) in [6, 6.07) is 3.91. The second kappa shape index (κ2) is 5.30. The molecule has 7 heteroatoms. The average molecular weight is 323 g/mol. The molecular weight excluding hydrogens is 306 g/mol. The molecule has 122 valence electrons. The molecule has 0 N–H and O–H groups in total. The lowest BCUT2D eigenvalue weighted by Crippen LogP contribution is -2.40. The van der Waals surface area contributed by atoms with Crippen molar-refractivity contribution in [2.24, 2.45) is 7.05 Å². The van der Waals surface area contributed by atoms with Crippen LogP contribution in [0.4, 0.5) is 0 Å². The zero-order valence-corrected chi connectivity index (χ0v) is 13.6. The molecule has 0 saturated carbocycles. The fourth-order valence-corrected chi connectivity index (χ4v) is 3.04. The molecule has 1 aliphatic rings. The normalized spacial score (nSPS) is 14.0. The standard InChI is InChI=1S/C17H17N5O2/c1-11-3-5-21-9-14(19-15(21)7-11)17(24)22-6-4-12-13(8-22)18-10-20(2)16(12)23/h3,5,7,9-10H,4,6,8H2,1-2H3. The van der Waals surface area contributed by atoms with Crippen LogP contribution in [0.25, 0.3) is 5.65 Å². The Bertz CT molecular complexity index is 1020. The number of aryl methyl sites for hydroxylation is 2. The van der Waals surface area contributed by atoms with Crippen LogP contribution in [0.1, 0.15) is 27.3 Å². The smallest absolute Gasteiger partial charge is 0.274 e. The lowest BCUT2D eigenvalue weighted by Gasteiger charge is -2.27. The van der Waals surface area contributed by atoms with Crippen LogP contribution in [-0.2, 0) is 20.0 Å². The first-order valence-electron chi connectivity index (χ1n) is 7.81. The molecule has 1 aliphatic heterocycles. The number of imidazole rings is 1. The van der Waals surface area contributed by atoms with Gasteiger partial charge in [-0.1, -0.05) is 0 Å². The number of nitrogens with zero attached hydrogens (tertiary/aromatic N) is 5. The number of aromatic nitrogens is 4. The van der Waals surface area contributed by atoms with E-state index in [1.54, 1.807) is 18.1 Å². The van der Waals surface area contributed by atoms with Crippen molar-refractivity contribution in [3.8, 4) is 0 Å². The van der Waals surface area contributed by atoms with Crippen LogP contribution in [0.5, 0.6) is 0 Å². The maximum absolute atomic E-state index is 12.8. The minimum Gasteiger partial charge on any atom is -0.331 e. The van der Waals surface area contributed by atoms with E-state index in [0.717, 1.165) is 11.2 Å². The van der Waals surface area contributed by atoms with Crippen LogP contribution in [0, 0.1) is 6.92 Å². The van der Waals surface area contributed by atoms with Crippen molar-refractivity contribution in [3.63, 3.8) is 0 Å². The minimum absolute atomic E-state index is 0.0321. The number of rotatable bonds is 1. The first-order valence-corrected chi connectivity index (χ1v) is 7.81. The van der Waals surface area contributed by atoms with E-state index in [1.165, 1.54) is 10.9 Å². The number of fused-ring (bicyclic) bond motifs is 2. The minimum atomic E-state index is -0.135. The first kappa shape index (κ1) is 14.6. The summed E-state index contributed by atoms with van der Waals surface area (Å²) in [6.45, 7) is 2.83. The third kappa shape index (κ3) is 2.29. The number of carbonyl (C=O) groups excluding carboxylic acids is 1. The van der Waals surface area contributed by atoms with Crippen molar-refractivity contribution in [1.82, 2.24) is 23.8 Å². The molecule has 0 atom stereocenters. The highest BCUT2D eigenvalue weighted by atomic mass is 16.2. The van der Waals surface area contributed by atoms with E-state index >= 15 is 0 Å². The molecule has 4 heterocycles. The molecule has 0 aliphatic carbocycles. The number of amides is 1. The van der Waals surface area contributed by atoms with Crippen LogP contribution in [0.2, 0.25) is 0 Å². The van der Waals surface area contributed by atoms with Crippen molar-refractivity contribution in [1.29, 1.82) is 0 Å². The highest BCUT2D eigenvalue weighted by Crippen LogP contribution is 2.17. The van der Waals surface area contributed by atoms with Gasteiger partial charge in [-0.25, -0.2) is 9.97 Å². The van der Waals surface area contributed by atoms with Crippen molar-refractivity contribution in [3.05, 3.63) is 63.7 Å². The van der Waals surface area contributed by atoms with Crippen LogP contribution >= 0.6 is 0 Å². The third-order valence-electron chi connectivity index (χ3n) is 4.41. The highest BCUT2D eigenvalue weighted by molar-refractivity contribution is 5.93. The summed E-state index contributed by atoms with van der Waals surface area (Å²) in [4.78, 5) is 35.3. The maximum Gasteiger partial charge on any atom is 0.274 e. The number of carbonyl (C=O) groups is 1. The molecule has 0 aromatic carbocycles. The van der Waals surface area contributed by atoms with E-state index in [1.807, 2.05) is 29.7 Å². The molecule has 0 unspecified atom stereocenters. The van der Waals surface area contributed by atoms with Gasteiger partial charge in [-0.3, -0.25) is 9.59 Å². The summed E-state index contributed by atoms with van der Waals surface area (Å²) >= 11 is 0. The Hall–Kier alpha value is -2.96. The molecule has 0 fully saturated rings. The molecule has 4 rings (SSSR count). The predicted octanol–water partition coefficient (Wildman–Crippen LogP) is 0.935. The summed E-state index contributed by atoms with van der Waals surface area (Å²) in [7, 11) is 1.69. The van der Waals surface area contributed by atoms with Gasteiger partial charge in [0.05, 0.1) is 18.6 Å². The largest absolute Gasteiger partial charge is 0.331 e. The quantitative estimate of drug-likeness (QED) is 0.668. The molecule has 1 amide bonds. The Labute approximate surface area is 138 Å². The van der Waals surface area contributed by atoms with Gasteiger partial charge in [0.15, 0.2) is 0 Å². The van der Waals surface area contributed by atoms with Crippen molar-refractivity contribution in [2.75, 3.05) is 6.54 Å². The lowest BCUT2D eigenvalue weighted by molar-refractivity contribution is 0.0726. The fourth-order valence-electron chi connectivity index (χ4n) is 3.04. The molecule has 0 radical (unpaired) electrons. The summed E-state index contributed by atoms with van der Waals surface area (Å²) in [5, 5.41) is 0. The van der Waals surface area contributed by atoms with Gasteiger partial charge < -0.3 is 13.9 Å². The number of hydrogen-bond acceptors (Lipinski definition) is 4. The summed E-state index contributed by atoms with van der Waals surface area (Å²) in [5.74, 6) is -0.135. The van der Waals surface area contributed by atoms with E-state index in [-0.39, 0.29) is 11.5 Å². The Morgan fingerprint density at radius 2 is 2.17 bits per heavy atom. The fraction of sp³-hybridized carbons (Fsp3) is 0.294. The van der Waals surface area contributed by atoms with Gasteiger partial charge >= 0.3 is 0 Å². The van der Waals surface area contributed by atoms with Gasteiger partial charge in [0.25, 0.3) is 11.5 Å². The second-order valence-corrected chi connectivity index (χ2v) is 6.16.